The molecule has 0 spiro atoms. The van der Waals surface area contributed by atoms with Gasteiger partial charge in [0.05, 0.1) is 11.8 Å². The Bertz CT molecular complexity index is 973. The van der Waals surface area contributed by atoms with Crippen molar-refractivity contribution in [1.29, 1.82) is 0 Å². The molecule has 6 nitrogen and oxygen atoms in total. The summed E-state index contributed by atoms with van der Waals surface area (Å²) in [6.07, 6.45) is 3.03. The van der Waals surface area contributed by atoms with E-state index in [0.29, 0.717) is 11.3 Å². The number of rotatable bonds is 5. The van der Waals surface area contributed by atoms with Gasteiger partial charge in [-0.25, -0.2) is 10.2 Å². The molecule has 27 heavy (non-hydrogen) atoms. The number of hydrazone groups is 1. The maximum atomic E-state index is 12.2. The average molecular weight is 471 g/mol. The fraction of sp³-hybridized carbons (Fsp3) is 0. The van der Waals surface area contributed by atoms with Crippen molar-refractivity contribution in [2.75, 3.05) is 0 Å². The van der Waals surface area contributed by atoms with Crippen molar-refractivity contribution in [3.63, 3.8) is 0 Å². The van der Waals surface area contributed by atoms with Crippen LogP contribution in [0.25, 0.3) is 0 Å². The molecule has 0 radical (unpaired) electrons. The highest BCUT2D eigenvalue weighted by Crippen LogP contribution is 2.17. The Hall–Kier alpha value is -3.07. The minimum Gasteiger partial charge on any atom is -0.423 e. The van der Waals surface area contributed by atoms with Crippen LogP contribution in [-0.4, -0.2) is 23.1 Å². The summed E-state index contributed by atoms with van der Waals surface area (Å²) in [5, 5.41) is 3.89. The topological polar surface area (TPSA) is 80.6 Å². The lowest BCUT2D eigenvalue weighted by Gasteiger charge is -2.06. The van der Waals surface area contributed by atoms with Crippen molar-refractivity contribution in [2.45, 2.75) is 0 Å². The van der Waals surface area contributed by atoms with Crippen LogP contribution in [-0.2, 0) is 0 Å². The number of amides is 1. The maximum absolute atomic E-state index is 12.2. The first-order valence-corrected chi connectivity index (χ1v) is 9.02. The highest BCUT2D eigenvalue weighted by atomic mass is 127. The Morgan fingerprint density at radius 3 is 2.44 bits per heavy atom. The first kappa shape index (κ1) is 18.7. The van der Waals surface area contributed by atoms with Gasteiger partial charge < -0.3 is 4.74 Å². The van der Waals surface area contributed by atoms with Gasteiger partial charge in [-0.15, -0.1) is 0 Å². The predicted molar refractivity (Wildman–Crippen MR) is 110 cm³/mol. The van der Waals surface area contributed by atoms with Gasteiger partial charge in [0.25, 0.3) is 5.91 Å². The molecule has 0 saturated carbocycles. The van der Waals surface area contributed by atoms with Gasteiger partial charge in [0.1, 0.15) is 11.4 Å². The first-order valence-electron chi connectivity index (χ1n) is 7.95. The lowest BCUT2D eigenvalue weighted by atomic mass is 10.2. The Labute approximate surface area is 169 Å². The Kier molecular flexibility index (Phi) is 6.26. The van der Waals surface area contributed by atoms with Crippen LogP contribution >= 0.6 is 22.6 Å². The van der Waals surface area contributed by atoms with E-state index < -0.39 is 11.9 Å². The number of aromatic nitrogens is 1. The Morgan fingerprint density at radius 1 is 1.00 bits per heavy atom. The van der Waals surface area contributed by atoms with Gasteiger partial charge in [-0.2, -0.15) is 5.10 Å². The normalized spacial score (nSPS) is 10.6. The van der Waals surface area contributed by atoms with Crippen molar-refractivity contribution in [2.24, 2.45) is 5.10 Å². The predicted octanol–water partition coefficient (Wildman–Crippen LogP) is 3.67. The summed E-state index contributed by atoms with van der Waals surface area (Å²) < 4.78 is 6.20. The number of carbonyl (C=O) groups is 2. The first-order chi connectivity index (χ1) is 13.1. The smallest absolute Gasteiger partial charge is 0.344 e. The van der Waals surface area contributed by atoms with Crippen LogP contribution in [0.3, 0.4) is 0 Å². The van der Waals surface area contributed by atoms with E-state index in [-0.39, 0.29) is 5.69 Å². The molecule has 0 unspecified atom stereocenters. The minimum atomic E-state index is -0.413. The van der Waals surface area contributed by atoms with E-state index in [9.17, 15) is 9.59 Å². The van der Waals surface area contributed by atoms with Crippen LogP contribution < -0.4 is 10.2 Å². The molecule has 3 rings (SSSR count). The monoisotopic (exact) mass is 471 g/mol. The number of nitrogens with one attached hydrogen (secondary N) is 1. The van der Waals surface area contributed by atoms with Gasteiger partial charge in [-0.1, -0.05) is 18.2 Å². The van der Waals surface area contributed by atoms with Crippen molar-refractivity contribution in [3.8, 4) is 5.75 Å². The van der Waals surface area contributed by atoms with E-state index >= 15 is 0 Å². The number of halogens is 1. The molecular formula is C20H14IN3O3. The number of benzene rings is 2. The van der Waals surface area contributed by atoms with Crippen LogP contribution in [0.2, 0.25) is 0 Å². The third-order valence-electron chi connectivity index (χ3n) is 3.46. The summed E-state index contributed by atoms with van der Waals surface area (Å²) in [5.74, 6) is -0.381. The molecule has 7 heteroatoms. The zero-order chi connectivity index (χ0) is 19.1. The molecule has 1 heterocycles. The molecule has 0 bridgehead atoms. The standard InChI is InChI=1S/C20H14IN3O3/c21-17-6-2-1-5-16(17)20(26)27-15-10-8-14(9-11-15)13-23-24-19(25)18-7-3-4-12-22-18/h1-13H,(H,24,25)/b23-13-. The fourth-order valence-corrected chi connectivity index (χ4v) is 2.74. The SMILES string of the molecule is O=C(N/N=C\c1ccc(OC(=O)c2ccccc2I)cc1)c1ccccn1. The molecule has 0 aliphatic heterocycles. The molecule has 0 saturated heterocycles. The zero-order valence-electron chi connectivity index (χ0n) is 14.0. The van der Waals surface area contributed by atoms with Crippen LogP contribution in [0.5, 0.6) is 5.75 Å². The Balaban J connectivity index is 1.58. The zero-order valence-corrected chi connectivity index (χ0v) is 16.2. The maximum Gasteiger partial charge on any atom is 0.344 e. The van der Waals surface area contributed by atoms with E-state index in [1.54, 1.807) is 54.6 Å². The molecule has 0 aliphatic carbocycles. The van der Waals surface area contributed by atoms with E-state index in [1.807, 2.05) is 12.1 Å². The highest BCUT2D eigenvalue weighted by Gasteiger charge is 2.11. The van der Waals surface area contributed by atoms with E-state index in [4.69, 9.17) is 4.74 Å². The third-order valence-corrected chi connectivity index (χ3v) is 4.40. The molecule has 134 valence electrons. The van der Waals surface area contributed by atoms with Gasteiger partial charge in [-0.05, 0) is 76.7 Å². The van der Waals surface area contributed by atoms with Crippen molar-refractivity contribution in [1.82, 2.24) is 10.4 Å². The molecule has 2 aromatic carbocycles. The summed E-state index contributed by atoms with van der Waals surface area (Å²) >= 11 is 2.09. The minimum absolute atomic E-state index is 0.285. The molecule has 0 aliphatic rings. The summed E-state index contributed by atoms with van der Waals surface area (Å²) in [6, 6.07) is 19.1. The molecule has 3 aromatic rings. The van der Waals surface area contributed by atoms with Gasteiger partial charge in [-0.3, -0.25) is 9.78 Å². The second-order valence-corrected chi connectivity index (χ2v) is 6.51. The molecule has 1 aromatic heterocycles. The van der Waals surface area contributed by atoms with Crippen LogP contribution in [0.1, 0.15) is 26.4 Å². The number of hydrogen-bond donors (Lipinski definition) is 1. The number of ether oxygens (including phenoxy) is 1. The largest absolute Gasteiger partial charge is 0.423 e. The molecule has 1 amide bonds. The van der Waals surface area contributed by atoms with Crippen molar-refractivity contribution >= 4 is 40.7 Å². The summed E-state index contributed by atoms with van der Waals surface area (Å²) in [4.78, 5) is 28.0. The molecular weight excluding hydrogens is 457 g/mol. The molecule has 1 N–H and O–H groups in total. The summed E-state index contributed by atoms with van der Waals surface area (Å²) in [6.45, 7) is 0. The van der Waals surface area contributed by atoms with Crippen LogP contribution in [0.15, 0.2) is 78.0 Å². The lowest BCUT2D eigenvalue weighted by Crippen LogP contribution is -2.18. The fourth-order valence-electron chi connectivity index (χ4n) is 2.13. The van der Waals surface area contributed by atoms with E-state index in [1.165, 1.54) is 12.4 Å². The molecule has 0 atom stereocenters. The number of carbonyl (C=O) groups excluding carboxylic acids is 2. The molecule has 0 fully saturated rings. The van der Waals surface area contributed by atoms with Crippen LogP contribution in [0.4, 0.5) is 0 Å². The van der Waals surface area contributed by atoms with E-state index in [0.717, 1.165) is 9.13 Å². The second kappa shape index (κ2) is 9.04. The van der Waals surface area contributed by atoms with Crippen molar-refractivity contribution in [3.05, 3.63) is 93.3 Å². The van der Waals surface area contributed by atoms with Gasteiger partial charge in [0.2, 0.25) is 0 Å². The van der Waals surface area contributed by atoms with Crippen molar-refractivity contribution < 1.29 is 14.3 Å². The number of hydrogen-bond acceptors (Lipinski definition) is 5. The van der Waals surface area contributed by atoms with E-state index in [2.05, 4.69) is 38.1 Å². The summed E-state index contributed by atoms with van der Waals surface area (Å²) in [7, 11) is 0. The quantitative estimate of drug-likeness (QED) is 0.203. The van der Waals surface area contributed by atoms with Crippen LogP contribution in [0, 0.1) is 3.57 Å². The second-order valence-electron chi connectivity index (χ2n) is 5.35. The Morgan fingerprint density at radius 2 is 1.74 bits per heavy atom. The third kappa shape index (κ3) is 5.20. The average Bonchev–Trinajstić information content (AvgIpc) is 2.70. The summed E-state index contributed by atoms with van der Waals surface area (Å²) in [5.41, 5.74) is 3.94. The van der Waals surface area contributed by atoms with Gasteiger partial charge in [0.15, 0.2) is 0 Å². The number of pyridine rings is 1. The highest BCUT2D eigenvalue weighted by molar-refractivity contribution is 14.1. The number of nitrogens with zero attached hydrogens (tertiary/aromatic N) is 2. The van der Waals surface area contributed by atoms with Gasteiger partial charge >= 0.3 is 5.97 Å². The number of esters is 1. The van der Waals surface area contributed by atoms with Gasteiger partial charge in [0, 0.05) is 9.77 Å². The lowest BCUT2D eigenvalue weighted by molar-refractivity contribution is 0.0733.